The van der Waals surface area contributed by atoms with Crippen LogP contribution in [-0.4, -0.2) is 16.2 Å². The Balaban J connectivity index is 2.97. The molecule has 66 valence electrons. The van der Waals surface area contributed by atoms with Crippen molar-refractivity contribution in [2.75, 3.05) is 12.1 Å². The molecule has 0 saturated carbocycles. The lowest BCUT2D eigenvalue weighted by Gasteiger charge is -2.05. The second kappa shape index (κ2) is 3.72. The number of nitrogens with one attached hydrogen (secondary N) is 3. The van der Waals surface area contributed by atoms with Crippen LogP contribution in [0.15, 0.2) is 21.9 Å². The van der Waals surface area contributed by atoms with Gasteiger partial charge in [0.25, 0.3) is 5.56 Å². The fraction of sp³-hybridized carbons (Fsp3) is 0.333. The maximum Gasteiger partial charge on any atom is 0.348 e. The lowest BCUT2D eigenvalue weighted by atomic mass is 10.7. The summed E-state index contributed by atoms with van der Waals surface area (Å²) < 4.78 is 0.851. The normalized spacial score (nSPS) is 9.75. The van der Waals surface area contributed by atoms with E-state index in [9.17, 15) is 9.59 Å². The van der Waals surface area contributed by atoms with Gasteiger partial charge in [0.2, 0.25) is 0 Å². The number of aromatic nitrogens is 2. The van der Waals surface area contributed by atoms with Crippen LogP contribution in [0.5, 0.6) is 0 Å². The van der Waals surface area contributed by atoms with Crippen LogP contribution in [0.1, 0.15) is 6.92 Å². The summed E-state index contributed by atoms with van der Waals surface area (Å²) in [5.41, 5.74) is 4.18. The van der Waals surface area contributed by atoms with E-state index in [1.54, 1.807) is 0 Å². The number of H-pyrrole nitrogens is 1. The smallest absolute Gasteiger partial charge is 0.312 e. The quantitative estimate of drug-likeness (QED) is 0.488. The molecular weight excluding hydrogens is 160 g/mol. The van der Waals surface area contributed by atoms with Crippen LogP contribution in [0.3, 0.4) is 0 Å². The second-order valence-electron chi connectivity index (χ2n) is 2.10. The minimum Gasteiger partial charge on any atom is -0.312 e. The van der Waals surface area contributed by atoms with Gasteiger partial charge in [0.05, 0.1) is 0 Å². The fourth-order valence-corrected chi connectivity index (χ4v) is 0.687. The van der Waals surface area contributed by atoms with Gasteiger partial charge in [-0.05, 0) is 0 Å². The summed E-state index contributed by atoms with van der Waals surface area (Å²) in [5.74, 6) is 0. The topological polar surface area (TPSA) is 78.9 Å². The zero-order valence-electron chi connectivity index (χ0n) is 6.63. The van der Waals surface area contributed by atoms with E-state index < -0.39 is 11.2 Å². The number of hydrazine groups is 1. The average molecular weight is 170 g/mol. The van der Waals surface area contributed by atoms with Gasteiger partial charge in [-0.15, -0.1) is 0 Å². The van der Waals surface area contributed by atoms with E-state index in [1.807, 2.05) is 6.92 Å². The van der Waals surface area contributed by atoms with E-state index in [0.29, 0.717) is 6.54 Å². The van der Waals surface area contributed by atoms with E-state index >= 15 is 0 Å². The fourth-order valence-electron chi connectivity index (χ4n) is 0.687. The van der Waals surface area contributed by atoms with Gasteiger partial charge in [-0.2, -0.15) is 4.68 Å². The van der Waals surface area contributed by atoms with Crippen LogP contribution >= 0.6 is 0 Å². The molecule has 0 radical (unpaired) electrons. The molecule has 0 atom stereocenters. The van der Waals surface area contributed by atoms with E-state index in [0.717, 1.165) is 4.68 Å². The summed E-state index contributed by atoms with van der Waals surface area (Å²) in [6, 6.07) is 1.26. The highest BCUT2D eigenvalue weighted by Crippen LogP contribution is 1.60. The van der Waals surface area contributed by atoms with Crippen LogP contribution < -0.4 is 22.2 Å². The van der Waals surface area contributed by atoms with Crippen molar-refractivity contribution in [3.8, 4) is 0 Å². The lowest BCUT2D eigenvalue weighted by Crippen LogP contribution is -2.45. The molecule has 1 aromatic heterocycles. The molecular formula is C6H10N4O2. The van der Waals surface area contributed by atoms with E-state index in [4.69, 9.17) is 0 Å². The van der Waals surface area contributed by atoms with Crippen LogP contribution in [0, 0.1) is 0 Å². The van der Waals surface area contributed by atoms with Crippen molar-refractivity contribution in [2.24, 2.45) is 0 Å². The first-order valence-corrected chi connectivity index (χ1v) is 3.55. The molecule has 1 rings (SSSR count). The van der Waals surface area contributed by atoms with Crippen LogP contribution in [0.4, 0.5) is 0 Å². The Kier molecular flexibility index (Phi) is 2.65. The standard InChI is InChI=1S/C6H10N4O2/c1-2-8-9-10-5(11)3-4-7-6(10)12/h3-4,8-9H,2H2,1H3,(H,7,12). The van der Waals surface area contributed by atoms with Crippen molar-refractivity contribution in [3.63, 3.8) is 0 Å². The largest absolute Gasteiger partial charge is 0.348 e. The molecule has 0 aliphatic heterocycles. The molecule has 0 saturated heterocycles. The monoisotopic (exact) mass is 170 g/mol. The van der Waals surface area contributed by atoms with Crippen molar-refractivity contribution >= 4 is 0 Å². The van der Waals surface area contributed by atoms with Crippen molar-refractivity contribution < 1.29 is 0 Å². The Morgan fingerprint density at radius 3 is 2.92 bits per heavy atom. The molecule has 0 aromatic carbocycles. The number of aromatic amines is 1. The average Bonchev–Trinajstić information content (AvgIpc) is 2.04. The molecule has 0 bridgehead atoms. The van der Waals surface area contributed by atoms with Gasteiger partial charge in [0.1, 0.15) is 0 Å². The zero-order chi connectivity index (χ0) is 8.97. The Bertz CT molecular complexity index is 325. The molecule has 0 fully saturated rings. The van der Waals surface area contributed by atoms with Crippen molar-refractivity contribution in [1.82, 2.24) is 15.1 Å². The molecule has 0 amide bonds. The van der Waals surface area contributed by atoms with Gasteiger partial charge >= 0.3 is 5.69 Å². The predicted octanol–water partition coefficient (Wildman–Crippen LogP) is -1.40. The Morgan fingerprint density at radius 1 is 1.58 bits per heavy atom. The van der Waals surface area contributed by atoms with E-state index in [2.05, 4.69) is 15.9 Å². The molecule has 3 N–H and O–H groups in total. The highest BCUT2D eigenvalue weighted by Gasteiger charge is 1.95. The van der Waals surface area contributed by atoms with Crippen molar-refractivity contribution in [2.45, 2.75) is 6.92 Å². The summed E-state index contributed by atoms with van der Waals surface area (Å²) in [5, 5.41) is 0. The number of hydrogen-bond acceptors (Lipinski definition) is 4. The third-order valence-electron chi connectivity index (χ3n) is 1.22. The zero-order valence-corrected chi connectivity index (χ0v) is 6.63. The van der Waals surface area contributed by atoms with E-state index in [1.165, 1.54) is 12.3 Å². The molecule has 6 heteroatoms. The predicted molar refractivity (Wildman–Crippen MR) is 44.4 cm³/mol. The van der Waals surface area contributed by atoms with Gasteiger partial charge in [0.15, 0.2) is 0 Å². The lowest BCUT2D eigenvalue weighted by molar-refractivity contribution is 0.651. The summed E-state index contributed by atoms with van der Waals surface area (Å²) in [6.45, 7) is 2.45. The molecule has 6 nitrogen and oxygen atoms in total. The van der Waals surface area contributed by atoms with Gasteiger partial charge in [-0.3, -0.25) is 10.3 Å². The highest BCUT2D eigenvalue weighted by atomic mass is 16.2. The number of rotatable bonds is 3. The summed E-state index contributed by atoms with van der Waals surface area (Å²) in [4.78, 5) is 24.3. The van der Waals surface area contributed by atoms with E-state index in [-0.39, 0.29) is 0 Å². The maximum absolute atomic E-state index is 11.0. The van der Waals surface area contributed by atoms with Crippen LogP contribution in [-0.2, 0) is 0 Å². The van der Waals surface area contributed by atoms with Crippen LogP contribution in [0.25, 0.3) is 0 Å². The SMILES string of the molecule is CCNNn1c(=O)cc[nH]c1=O. The summed E-state index contributed by atoms with van der Waals surface area (Å²) in [7, 11) is 0. The third-order valence-corrected chi connectivity index (χ3v) is 1.22. The first-order chi connectivity index (χ1) is 5.75. The Hall–Kier alpha value is -1.56. The molecule has 0 spiro atoms. The molecule has 1 aromatic rings. The van der Waals surface area contributed by atoms with Crippen molar-refractivity contribution in [1.29, 1.82) is 0 Å². The molecule has 0 aliphatic carbocycles. The summed E-state index contributed by atoms with van der Waals surface area (Å²) >= 11 is 0. The second-order valence-corrected chi connectivity index (χ2v) is 2.10. The number of nitrogens with zero attached hydrogens (tertiary/aromatic N) is 1. The van der Waals surface area contributed by atoms with Gasteiger partial charge < -0.3 is 4.98 Å². The Morgan fingerprint density at radius 2 is 2.33 bits per heavy atom. The van der Waals surface area contributed by atoms with Gasteiger partial charge in [-0.25, -0.2) is 10.2 Å². The molecule has 0 aliphatic rings. The minimum absolute atomic E-state index is 0.403. The first-order valence-electron chi connectivity index (χ1n) is 3.55. The molecule has 1 heterocycles. The number of hydrogen-bond donors (Lipinski definition) is 3. The van der Waals surface area contributed by atoms with Crippen molar-refractivity contribution in [3.05, 3.63) is 33.1 Å². The first kappa shape index (κ1) is 8.54. The van der Waals surface area contributed by atoms with Gasteiger partial charge in [-0.1, -0.05) is 6.92 Å². The Labute approximate surface area is 68.2 Å². The van der Waals surface area contributed by atoms with Gasteiger partial charge in [0, 0.05) is 18.8 Å². The summed E-state index contributed by atoms with van der Waals surface area (Å²) in [6.07, 6.45) is 1.30. The minimum atomic E-state index is -0.497. The molecule has 0 unspecified atom stereocenters. The third kappa shape index (κ3) is 1.73. The highest BCUT2D eigenvalue weighted by molar-refractivity contribution is 4.84. The van der Waals surface area contributed by atoms with Crippen LogP contribution in [0.2, 0.25) is 0 Å². The maximum atomic E-state index is 11.0. The molecule has 12 heavy (non-hydrogen) atoms.